The lowest BCUT2D eigenvalue weighted by atomic mass is 9.80. The van der Waals surface area contributed by atoms with Crippen molar-refractivity contribution in [3.05, 3.63) is 35.9 Å². The molecular formula is C16H20N2O3. The molecule has 0 unspecified atom stereocenters. The summed E-state index contributed by atoms with van der Waals surface area (Å²) in [5.41, 5.74) is 0.0114. The third-order valence-electron chi connectivity index (χ3n) is 3.88. The molecule has 0 bridgehead atoms. The minimum Gasteiger partial charge on any atom is -0.394 e. The van der Waals surface area contributed by atoms with Gasteiger partial charge in [-0.25, -0.2) is 0 Å². The molecule has 1 atom stereocenters. The maximum Gasteiger partial charge on any atom is 0.240 e. The number of hydrogen-bond acceptors (Lipinski definition) is 4. The number of aliphatic hydroxyl groups excluding tert-OH is 1. The molecule has 1 saturated heterocycles. The fourth-order valence-electron chi connectivity index (χ4n) is 2.49. The first-order chi connectivity index (χ1) is 10.2. The number of amides is 1. The Morgan fingerprint density at radius 3 is 2.62 bits per heavy atom. The molecule has 1 aromatic rings. The summed E-state index contributed by atoms with van der Waals surface area (Å²) in [6.45, 7) is 0.686. The van der Waals surface area contributed by atoms with Crippen molar-refractivity contribution in [1.82, 2.24) is 5.32 Å². The summed E-state index contributed by atoms with van der Waals surface area (Å²) in [6.07, 6.45) is 1.35. The zero-order valence-electron chi connectivity index (χ0n) is 11.9. The van der Waals surface area contributed by atoms with Gasteiger partial charge in [-0.1, -0.05) is 30.3 Å². The third-order valence-corrected chi connectivity index (χ3v) is 3.88. The molecule has 0 aliphatic carbocycles. The van der Waals surface area contributed by atoms with Gasteiger partial charge in [0.15, 0.2) is 0 Å². The van der Waals surface area contributed by atoms with Crippen LogP contribution in [-0.4, -0.2) is 36.9 Å². The summed E-state index contributed by atoms with van der Waals surface area (Å²) in [6, 6.07) is 11.4. The molecule has 112 valence electrons. The van der Waals surface area contributed by atoms with E-state index in [4.69, 9.17) is 4.74 Å². The van der Waals surface area contributed by atoms with Crippen LogP contribution in [0.5, 0.6) is 0 Å². The first-order valence-electron chi connectivity index (χ1n) is 7.15. The van der Waals surface area contributed by atoms with Gasteiger partial charge >= 0.3 is 0 Å². The molecular weight excluding hydrogens is 268 g/mol. The van der Waals surface area contributed by atoms with E-state index in [9.17, 15) is 15.2 Å². The summed E-state index contributed by atoms with van der Waals surface area (Å²) in [5, 5.41) is 21.6. The van der Waals surface area contributed by atoms with Crippen LogP contribution in [-0.2, 0) is 16.0 Å². The van der Waals surface area contributed by atoms with Crippen molar-refractivity contribution in [2.45, 2.75) is 25.3 Å². The van der Waals surface area contributed by atoms with Gasteiger partial charge in [0.2, 0.25) is 5.91 Å². The summed E-state index contributed by atoms with van der Waals surface area (Å²) in [4.78, 5) is 12.4. The fraction of sp³-hybridized carbons (Fsp3) is 0.500. The van der Waals surface area contributed by atoms with Gasteiger partial charge < -0.3 is 15.2 Å². The Hall–Kier alpha value is -1.90. The number of nitriles is 1. The largest absolute Gasteiger partial charge is 0.394 e. The van der Waals surface area contributed by atoms with Crippen molar-refractivity contribution in [2.75, 3.05) is 19.8 Å². The third kappa shape index (κ3) is 3.81. The molecule has 0 radical (unpaired) electrons. The molecule has 1 aliphatic rings. The summed E-state index contributed by atoms with van der Waals surface area (Å²) >= 11 is 0. The predicted octanol–water partition coefficient (Wildman–Crippen LogP) is 1.03. The van der Waals surface area contributed by atoms with Crippen molar-refractivity contribution < 1.29 is 14.6 Å². The number of carbonyl (C=O) groups excluding carboxylic acids is 1. The van der Waals surface area contributed by atoms with E-state index in [1.807, 2.05) is 30.3 Å². The fourth-order valence-corrected chi connectivity index (χ4v) is 2.49. The maximum atomic E-state index is 12.4. The Bertz CT molecular complexity index is 504. The zero-order valence-corrected chi connectivity index (χ0v) is 11.9. The Labute approximate surface area is 124 Å². The zero-order chi connectivity index (χ0) is 15.1. The van der Waals surface area contributed by atoms with Gasteiger partial charge in [0.1, 0.15) is 5.41 Å². The van der Waals surface area contributed by atoms with Crippen LogP contribution in [0.2, 0.25) is 0 Å². The smallest absolute Gasteiger partial charge is 0.240 e. The lowest BCUT2D eigenvalue weighted by Crippen LogP contribution is -2.49. The molecule has 5 heteroatoms. The average Bonchev–Trinajstić information content (AvgIpc) is 2.55. The van der Waals surface area contributed by atoms with Gasteiger partial charge in [-0.15, -0.1) is 0 Å². The number of benzene rings is 1. The lowest BCUT2D eigenvalue weighted by molar-refractivity contribution is -0.133. The van der Waals surface area contributed by atoms with Gasteiger partial charge in [-0.2, -0.15) is 5.26 Å². The molecule has 1 aromatic carbocycles. The Morgan fingerprint density at radius 2 is 2.05 bits per heavy atom. The maximum absolute atomic E-state index is 12.4. The van der Waals surface area contributed by atoms with Crippen LogP contribution >= 0.6 is 0 Å². The number of carbonyl (C=O) groups is 1. The summed E-state index contributed by atoms with van der Waals surface area (Å²) in [7, 11) is 0. The predicted molar refractivity (Wildman–Crippen MR) is 77.3 cm³/mol. The average molecular weight is 288 g/mol. The van der Waals surface area contributed by atoms with Crippen LogP contribution in [0, 0.1) is 16.7 Å². The normalized spacial score (nSPS) is 18.5. The Balaban J connectivity index is 2.00. The molecule has 1 amide bonds. The van der Waals surface area contributed by atoms with E-state index < -0.39 is 5.41 Å². The Kier molecular flexibility index (Phi) is 5.32. The Morgan fingerprint density at radius 1 is 1.38 bits per heavy atom. The molecule has 1 aliphatic heterocycles. The standard InChI is InChI=1S/C16H20N2O3/c17-12-16(6-8-21-9-7-16)15(20)18-14(11-19)10-13-4-2-1-3-5-13/h1-5,14,19H,6-11H2,(H,18,20)/t14-/m1/s1. The van der Waals surface area contributed by atoms with E-state index in [0.29, 0.717) is 32.5 Å². The van der Waals surface area contributed by atoms with Crippen LogP contribution in [0.1, 0.15) is 18.4 Å². The molecule has 21 heavy (non-hydrogen) atoms. The topological polar surface area (TPSA) is 82.4 Å². The highest BCUT2D eigenvalue weighted by molar-refractivity contribution is 5.85. The molecule has 0 spiro atoms. The molecule has 5 nitrogen and oxygen atoms in total. The van der Waals surface area contributed by atoms with Crippen molar-refractivity contribution in [3.63, 3.8) is 0 Å². The highest BCUT2D eigenvalue weighted by atomic mass is 16.5. The van der Waals surface area contributed by atoms with Gasteiger partial charge in [0.05, 0.1) is 18.7 Å². The summed E-state index contributed by atoms with van der Waals surface area (Å²) < 4.78 is 5.22. The monoisotopic (exact) mass is 288 g/mol. The quantitative estimate of drug-likeness (QED) is 0.847. The number of nitrogens with zero attached hydrogens (tertiary/aromatic N) is 1. The molecule has 0 aromatic heterocycles. The SMILES string of the molecule is N#CC1(C(=O)N[C@@H](CO)Cc2ccccc2)CCOCC1. The van der Waals surface area contributed by atoms with Crippen molar-refractivity contribution in [2.24, 2.45) is 5.41 Å². The van der Waals surface area contributed by atoms with Crippen LogP contribution < -0.4 is 5.32 Å². The molecule has 1 heterocycles. The van der Waals surface area contributed by atoms with Crippen molar-refractivity contribution in [1.29, 1.82) is 5.26 Å². The van der Waals surface area contributed by atoms with Gasteiger partial charge in [-0.05, 0) is 24.8 Å². The highest BCUT2D eigenvalue weighted by Crippen LogP contribution is 2.30. The van der Waals surface area contributed by atoms with E-state index in [1.54, 1.807) is 0 Å². The van der Waals surface area contributed by atoms with Crippen LogP contribution in [0.25, 0.3) is 0 Å². The first-order valence-corrected chi connectivity index (χ1v) is 7.15. The number of ether oxygens (including phenoxy) is 1. The number of hydrogen-bond donors (Lipinski definition) is 2. The molecule has 1 fully saturated rings. The van der Waals surface area contributed by atoms with Crippen LogP contribution in [0.15, 0.2) is 30.3 Å². The summed E-state index contributed by atoms with van der Waals surface area (Å²) in [5.74, 6) is -0.303. The second kappa shape index (κ2) is 7.21. The number of nitrogens with one attached hydrogen (secondary N) is 1. The van der Waals surface area contributed by atoms with Gasteiger partial charge in [0, 0.05) is 13.2 Å². The number of rotatable bonds is 5. The van der Waals surface area contributed by atoms with E-state index in [1.165, 1.54) is 0 Å². The van der Waals surface area contributed by atoms with Crippen molar-refractivity contribution in [3.8, 4) is 6.07 Å². The minimum absolute atomic E-state index is 0.154. The van der Waals surface area contributed by atoms with E-state index in [2.05, 4.69) is 11.4 Å². The van der Waals surface area contributed by atoms with Crippen LogP contribution in [0.4, 0.5) is 0 Å². The minimum atomic E-state index is -1.03. The molecule has 2 N–H and O–H groups in total. The first kappa shape index (κ1) is 15.5. The van der Waals surface area contributed by atoms with E-state index in [0.717, 1.165) is 5.56 Å². The van der Waals surface area contributed by atoms with Crippen molar-refractivity contribution >= 4 is 5.91 Å². The lowest BCUT2D eigenvalue weighted by Gasteiger charge is -2.31. The van der Waals surface area contributed by atoms with E-state index >= 15 is 0 Å². The number of aliphatic hydroxyl groups is 1. The van der Waals surface area contributed by atoms with Gasteiger partial charge in [-0.3, -0.25) is 4.79 Å². The second-order valence-corrected chi connectivity index (χ2v) is 5.35. The molecule has 2 rings (SSSR count). The molecule has 0 saturated carbocycles. The van der Waals surface area contributed by atoms with Crippen LogP contribution in [0.3, 0.4) is 0 Å². The second-order valence-electron chi connectivity index (χ2n) is 5.35. The highest BCUT2D eigenvalue weighted by Gasteiger charge is 2.41. The van der Waals surface area contributed by atoms with E-state index in [-0.39, 0.29) is 18.6 Å². The van der Waals surface area contributed by atoms with Gasteiger partial charge in [0.25, 0.3) is 0 Å².